The van der Waals surface area contributed by atoms with Crippen LogP contribution in [0, 0.1) is 11.8 Å². The van der Waals surface area contributed by atoms with Crippen molar-refractivity contribution in [2.24, 2.45) is 11.8 Å². The van der Waals surface area contributed by atoms with Crippen molar-refractivity contribution in [1.29, 1.82) is 0 Å². The lowest BCUT2D eigenvalue weighted by atomic mass is 10.1. The molecule has 4 rings (SSSR count). The molecule has 1 aliphatic carbocycles. The largest absolute Gasteiger partial charge is 0.493 e. The number of hydrogen-bond donors (Lipinski definition) is 1. The van der Waals surface area contributed by atoms with E-state index in [1.807, 2.05) is 30.1 Å². The molecule has 7 heteroatoms. The SMILES string of the molecule is COc1ccc(N(C)c2nccc(N)n2)cc1OCC1CCN(CC2CC2)C1. The van der Waals surface area contributed by atoms with Crippen molar-refractivity contribution >= 4 is 17.5 Å². The Bertz CT molecular complexity index is 811. The Morgan fingerprint density at radius 1 is 1.18 bits per heavy atom. The molecule has 1 aromatic heterocycles. The molecule has 28 heavy (non-hydrogen) atoms. The van der Waals surface area contributed by atoms with E-state index < -0.39 is 0 Å². The number of benzene rings is 1. The summed E-state index contributed by atoms with van der Waals surface area (Å²) in [5.41, 5.74) is 6.71. The van der Waals surface area contributed by atoms with E-state index in [0.717, 1.165) is 29.6 Å². The highest BCUT2D eigenvalue weighted by molar-refractivity contribution is 5.62. The normalized spacial score (nSPS) is 19.6. The molecule has 1 saturated carbocycles. The zero-order valence-corrected chi connectivity index (χ0v) is 16.7. The predicted molar refractivity (Wildman–Crippen MR) is 110 cm³/mol. The van der Waals surface area contributed by atoms with Crippen LogP contribution in [0.1, 0.15) is 19.3 Å². The van der Waals surface area contributed by atoms with Gasteiger partial charge in [0.2, 0.25) is 5.95 Å². The molecule has 2 aliphatic rings. The lowest BCUT2D eigenvalue weighted by Gasteiger charge is -2.20. The lowest BCUT2D eigenvalue weighted by Crippen LogP contribution is -2.24. The van der Waals surface area contributed by atoms with Gasteiger partial charge in [0.25, 0.3) is 0 Å². The summed E-state index contributed by atoms with van der Waals surface area (Å²) in [7, 11) is 3.58. The van der Waals surface area contributed by atoms with Gasteiger partial charge in [-0.3, -0.25) is 0 Å². The van der Waals surface area contributed by atoms with E-state index in [1.165, 1.54) is 32.4 Å². The van der Waals surface area contributed by atoms with Gasteiger partial charge in [-0.25, -0.2) is 4.98 Å². The highest BCUT2D eigenvalue weighted by Gasteiger charge is 2.29. The van der Waals surface area contributed by atoms with Gasteiger partial charge in [0, 0.05) is 44.0 Å². The second-order valence-corrected chi connectivity index (χ2v) is 7.84. The maximum atomic E-state index is 6.19. The Morgan fingerprint density at radius 3 is 2.79 bits per heavy atom. The summed E-state index contributed by atoms with van der Waals surface area (Å²) in [6, 6.07) is 7.53. The Hall–Kier alpha value is -2.54. The second-order valence-electron chi connectivity index (χ2n) is 7.84. The fourth-order valence-electron chi connectivity index (χ4n) is 3.71. The van der Waals surface area contributed by atoms with E-state index in [2.05, 4.69) is 14.9 Å². The van der Waals surface area contributed by atoms with Crippen LogP contribution in [0.3, 0.4) is 0 Å². The molecule has 2 heterocycles. The number of nitrogens with two attached hydrogens (primary N) is 1. The third-order valence-electron chi connectivity index (χ3n) is 5.56. The molecular weight excluding hydrogens is 354 g/mol. The summed E-state index contributed by atoms with van der Waals surface area (Å²) in [4.78, 5) is 13.0. The minimum absolute atomic E-state index is 0.443. The molecule has 1 unspecified atom stereocenters. The molecule has 7 nitrogen and oxygen atoms in total. The van der Waals surface area contributed by atoms with Crippen LogP contribution in [0.25, 0.3) is 0 Å². The molecule has 0 radical (unpaired) electrons. The van der Waals surface area contributed by atoms with Gasteiger partial charge in [0.1, 0.15) is 5.82 Å². The van der Waals surface area contributed by atoms with Crippen LogP contribution in [0.5, 0.6) is 11.5 Å². The maximum absolute atomic E-state index is 6.19. The summed E-state index contributed by atoms with van der Waals surface area (Å²) >= 11 is 0. The van der Waals surface area contributed by atoms with E-state index >= 15 is 0 Å². The standard InChI is InChI=1S/C21H29N5O2/c1-25(21-23-9-7-20(22)24-21)17-5-6-18(27-2)19(11-17)28-14-16-8-10-26(13-16)12-15-3-4-15/h5-7,9,11,15-16H,3-4,8,10,12-14H2,1-2H3,(H2,22,23,24). The highest BCUT2D eigenvalue weighted by Crippen LogP contribution is 2.35. The van der Waals surface area contributed by atoms with Crippen molar-refractivity contribution in [1.82, 2.24) is 14.9 Å². The minimum atomic E-state index is 0.443. The Balaban J connectivity index is 1.42. The van der Waals surface area contributed by atoms with Gasteiger partial charge in [-0.05, 0) is 49.9 Å². The molecule has 0 bridgehead atoms. The molecule has 2 N–H and O–H groups in total. The maximum Gasteiger partial charge on any atom is 0.231 e. The topological polar surface area (TPSA) is 76.7 Å². The van der Waals surface area contributed by atoms with E-state index in [9.17, 15) is 0 Å². The van der Waals surface area contributed by atoms with Crippen LogP contribution in [0.15, 0.2) is 30.5 Å². The van der Waals surface area contributed by atoms with E-state index in [0.29, 0.717) is 24.3 Å². The number of likely N-dealkylation sites (tertiary alicyclic amines) is 1. The Morgan fingerprint density at radius 2 is 2.04 bits per heavy atom. The summed E-state index contributed by atoms with van der Waals surface area (Å²) in [5, 5.41) is 0. The van der Waals surface area contributed by atoms with Crippen molar-refractivity contribution < 1.29 is 9.47 Å². The van der Waals surface area contributed by atoms with Crippen molar-refractivity contribution in [3.63, 3.8) is 0 Å². The number of anilines is 3. The van der Waals surface area contributed by atoms with Gasteiger partial charge in [-0.2, -0.15) is 4.98 Å². The van der Waals surface area contributed by atoms with Crippen LogP contribution in [-0.4, -0.2) is 55.3 Å². The average Bonchev–Trinajstić information content (AvgIpc) is 3.41. The summed E-state index contributed by atoms with van der Waals surface area (Å²) in [5.74, 6) is 3.99. The third-order valence-corrected chi connectivity index (χ3v) is 5.56. The van der Waals surface area contributed by atoms with Crippen LogP contribution >= 0.6 is 0 Å². The van der Waals surface area contributed by atoms with Gasteiger partial charge >= 0.3 is 0 Å². The first-order valence-corrected chi connectivity index (χ1v) is 9.98. The molecule has 1 atom stereocenters. The number of nitrogens with zero attached hydrogens (tertiary/aromatic N) is 4. The summed E-state index contributed by atoms with van der Waals surface area (Å²) in [6.45, 7) is 4.30. The molecule has 2 aromatic rings. The summed E-state index contributed by atoms with van der Waals surface area (Å²) < 4.78 is 11.7. The number of aromatic nitrogens is 2. The smallest absolute Gasteiger partial charge is 0.231 e. The first-order valence-electron chi connectivity index (χ1n) is 9.98. The zero-order valence-electron chi connectivity index (χ0n) is 16.7. The molecular formula is C21H29N5O2. The van der Waals surface area contributed by atoms with Gasteiger partial charge in [-0.15, -0.1) is 0 Å². The molecule has 0 amide bonds. The molecule has 1 saturated heterocycles. The molecule has 1 aliphatic heterocycles. The monoisotopic (exact) mass is 383 g/mol. The van der Waals surface area contributed by atoms with Crippen LogP contribution in [0.2, 0.25) is 0 Å². The van der Waals surface area contributed by atoms with Gasteiger partial charge < -0.3 is 25.0 Å². The number of hydrogen-bond acceptors (Lipinski definition) is 7. The number of methoxy groups -OCH3 is 1. The van der Waals surface area contributed by atoms with Gasteiger partial charge in [0.15, 0.2) is 11.5 Å². The van der Waals surface area contributed by atoms with E-state index in [4.69, 9.17) is 15.2 Å². The van der Waals surface area contributed by atoms with Crippen molar-refractivity contribution in [2.75, 3.05) is 51.0 Å². The Labute approximate surface area is 166 Å². The van der Waals surface area contributed by atoms with Crippen molar-refractivity contribution in [3.05, 3.63) is 30.5 Å². The zero-order chi connectivity index (χ0) is 19.5. The molecule has 0 spiro atoms. The van der Waals surface area contributed by atoms with Crippen LogP contribution in [0.4, 0.5) is 17.5 Å². The van der Waals surface area contributed by atoms with Crippen molar-refractivity contribution in [2.45, 2.75) is 19.3 Å². The average molecular weight is 383 g/mol. The van der Waals surface area contributed by atoms with Crippen molar-refractivity contribution in [3.8, 4) is 11.5 Å². The fraction of sp³-hybridized carbons (Fsp3) is 0.524. The first-order chi connectivity index (χ1) is 13.6. The molecule has 150 valence electrons. The predicted octanol–water partition coefficient (Wildman–Crippen LogP) is 2.95. The first kappa shape index (κ1) is 18.8. The third kappa shape index (κ3) is 4.47. The van der Waals surface area contributed by atoms with E-state index in [1.54, 1.807) is 19.4 Å². The van der Waals surface area contributed by atoms with Gasteiger partial charge in [0.05, 0.1) is 13.7 Å². The minimum Gasteiger partial charge on any atom is -0.493 e. The lowest BCUT2D eigenvalue weighted by molar-refractivity contribution is 0.230. The number of ether oxygens (including phenoxy) is 2. The quantitative estimate of drug-likeness (QED) is 0.751. The van der Waals surface area contributed by atoms with Gasteiger partial charge in [-0.1, -0.05) is 0 Å². The second kappa shape index (κ2) is 8.22. The van der Waals surface area contributed by atoms with E-state index in [-0.39, 0.29) is 0 Å². The fourth-order valence-corrected chi connectivity index (χ4v) is 3.71. The molecule has 2 fully saturated rings. The summed E-state index contributed by atoms with van der Waals surface area (Å²) in [6.07, 6.45) is 5.67. The van der Waals surface area contributed by atoms with Crippen LogP contribution < -0.4 is 20.1 Å². The number of rotatable bonds is 8. The van der Waals surface area contributed by atoms with Crippen LogP contribution in [-0.2, 0) is 0 Å². The highest BCUT2D eigenvalue weighted by atomic mass is 16.5. The Kier molecular flexibility index (Phi) is 5.52. The number of nitrogen functional groups attached to an aromatic ring is 1. The molecule has 1 aromatic carbocycles.